The van der Waals surface area contributed by atoms with E-state index in [-0.39, 0.29) is 0 Å². The molecule has 1 aromatic carbocycles. The number of hydrogen-bond donors (Lipinski definition) is 1. The van der Waals surface area contributed by atoms with Crippen molar-refractivity contribution in [1.29, 1.82) is 0 Å². The number of aryl methyl sites for hydroxylation is 2. The minimum atomic E-state index is 0.916. The summed E-state index contributed by atoms with van der Waals surface area (Å²) in [7, 11) is 0. The van der Waals surface area contributed by atoms with Gasteiger partial charge in [-0.05, 0) is 50.1 Å². The van der Waals surface area contributed by atoms with Gasteiger partial charge in [0, 0.05) is 17.0 Å². The van der Waals surface area contributed by atoms with E-state index in [2.05, 4.69) is 54.7 Å². The van der Waals surface area contributed by atoms with E-state index in [1.54, 1.807) is 11.5 Å². The highest BCUT2D eigenvalue weighted by molar-refractivity contribution is 7.06. The molecule has 90 valence electrons. The van der Waals surface area contributed by atoms with Crippen LogP contribution < -0.4 is 5.32 Å². The highest BCUT2D eigenvalue weighted by atomic mass is 32.1. The third-order valence-electron chi connectivity index (χ3n) is 2.63. The minimum Gasteiger partial charge on any atom is -0.312 e. The number of nitrogens with zero attached hydrogens (tertiary/aromatic N) is 1. The lowest BCUT2D eigenvalue weighted by Gasteiger charge is -2.01. The SMILES string of the molecule is CCNCc1cc(-c2cc(C)cc(C)c2)ns1. The van der Waals surface area contributed by atoms with Crippen molar-refractivity contribution in [2.75, 3.05) is 6.54 Å². The van der Waals surface area contributed by atoms with Crippen molar-refractivity contribution >= 4 is 11.5 Å². The predicted octanol–water partition coefficient (Wildman–Crippen LogP) is 3.54. The molecule has 1 heterocycles. The lowest BCUT2D eigenvalue weighted by molar-refractivity contribution is 0.735. The van der Waals surface area contributed by atoms with E-state index in [1.165, 1.54) is 21.6 Å². The van der Waals surface area contributed by atoms with Crippen LogP contribution in [0.3, 0.4) is 0 Å². The number of rotatable bonds is 4. The Kier molecular flexibility index (Phi) is 3.92. The molecule has 0 saturated carbocycles. The van der Waals surface area contributed by atoms with Gasteiger partial charge in [0.2, 0.25) is 0 Å². The summed E-state index contributed by atoms with van der Waals surface area (Å²) in [6.45, 7) is 8.28. The molecule has 1 aromatic heterocycles. The molecule has 0 aliphatic carbocycles. The van der Waals surface area contributed by atoms with E-state index in [0.717, 1.165) is 18.8 Å². The zero-order chi connectivity index (χ0) is 12.3. The fraction of sp³-hybridized carbons (Fsp3) is 0.357. The molecule has 0 saturated heterocycles. The van der Waals surface area contributed by atoms with Gasteiger partial charge in [-0.25, -0.2) is 0 Å². The lowest BCUT2D eigenvalue weighted by atomic mass is 10.1. The molecule has 2 nitrogen and oxygen atoms in total. The van der Waals surface area contributed by atoms with Gasteiger partial charge in [-0.15, -0.1) is 0 Å². The molecule has 0 unspecified atom stereocenters. The van der Waals surface area contributed by atoms with Crippen molar-refractivity contribution in [3.05, 3.63) is 40.3 Å². The molecule has 0 fully saturated rings. The smallest absolute Gasteiger partial charge is 0.0844 e. The largest absolute Gasteiger partial charge is 0.312 e. The molecule has 0 aliphatic rings. The van der Waals surface area contributed by atoms with Crippen LogP contribution in [0.15, 0.2) is 24.3 Å². The molecular weight excluding hydrogens is 228 g/mol. The number of aromatic nitrogens is 1. The van der Waals surface area contributed by atoms with Crippen LogP contribution >= 0.6 is 11.5 Å². The van der Waals surface area contributed by atoms with E-state index in [0.29, 0.717) is 0 Å². The van der Waals surface area contributed by atoms with Gasteiger partial charge in [0.05, 0.1) is 5.69 Å². The summed E-state index contributed by atoms with van der Waals surface area (Å²) in [5.41, 5.74) is 4.90. The third kappa shape index (κ3) is 3.14. The summed E-state index contributed by atoms with van der Waals surface area (Å²) in [5.74, 6) is 0. The molecule has 0 aliphatic heterocycles. The van der Waals surface area contributed by atoms with E-state index in [1.807, 2.05) is 0 Å². The van der Waals surface area contributed by atoms with Gasteiger partial charge >= 0.3 is 0 Å². The van der Waals surface area contributed by atoms with Crippen LogP contribution in [-0.2, 0) is 6.54 Å². The molecule has 0 radical (unpaired) electrons. The van der Waals surface area contributed by atoms with Crippen LogP contribution in [0.2, 0.25) is 0 Å². The Morgan fingerprint density at radius 3 is 2.47 bits per heavy atom. The van der Waals surface area contributed by atoms with Crippen molar-refractivity contribution in [3.63, 3.8) is 0 Å². The highest BCUT2D eigenvalue weighted by Gasteiger charge is 2.05. The van der Waals surface area contributed by atoms with Crippen molar-refractivity contribution in [2.45, 2.75) is 27.3 Å². The summed E-state index contributed by atoms with van der Waals surface area (Å²) >= 11 is 1.58. The van der Waals surface area contributed by atoms with E-state index in [4.69, 9.17) is 0 Å². The topological polar surface area (TPSA) is 24.9 Å². The van der Waals surface area contributed by atoms with Gasteiger partial charge in [0.1, 0.15) is 0 Å². The molecule has 2 rings (SSSR count). The quantitative estimate of drug-likeness (QED) is 0.892. The lowest BCUT2D eigenvalue weighted by Crippen LogP contribution is -2.10. The van der Waals surface area contributed by atoms with E-state index in [9.17, 15) is 0 Å². The first kappa shape index (κ1) is 12.3. The Balaban J connectivity index is 2.24. The van der Waals surface area contributed by atoms with Crippen LogP contribution in [0.4, 0.5) is 0 Å². The van der Waals surface area contributed by atoms with Gasteiger partial charge in [-0.3, -0.25) is 0 Å². The Hall–Kier alpha value is -1.19. The molecular formula is C14H18N2S. The summed E-state index contributed by atoms with van der Waals surface area (Å²) in [5, 5.41) is 3.32. The Labute approximate surface area is 107 Å². The number of hydrogen-bond acceptors (Lipinski definition) is 3. The fourth-order valence-corrected chi connectivity index (χ4v) is 2.61. The summed E-state index contributed by atoms with van der Waals surface area (Å²) < 4.78 is 4.52. The molecule has 17 heavy (non-hydrogen) atoms. The minimum absolute atomic E-state index is 0.916. The van der Waals surface area contributed by atoms with Crippen LogP contribution in [0, 0.1) is 13.8 Å². The number of benzene rings is 1. The monoisotopic (exact) mass is 246 g/mol. The maximum Gasteiger partial charge on any atom is 0.0844 e. The van der Waals surface area contributed by atoms with Gasteiger partial charge < -0.3 is 5.32 Å². The first-order chi connectivity index (χ1) is 8.19. The summed E-state index contributed by atoms with van der Waals surface area (Å²) in [4.78, 5) is 1.29. The van der Waals surface area contributed by atoms with Crippen LogP contribution in [-0.4, -0.2) is 10.9 Å². The Morgan fingerprint density at radius 1 is 1.12 bits per heavy atom. The molecule has 0 atom stereocenters. The van der Waals surface area contributed by atoms with Crippen LogP contribution in [0.1, 0.15) is 22.9 Å². The second-order valence-electron chi connectivity index (χ2n) is 4.34. The standard InChI is InChI=1S/C14H18N2S/c1-4-15-9-13-8-14(16-17-13)12-6-10(2)5-11(3)7-12/h5-8,15H,4,9H2,1-3H3. The van der Waals surface area contributed by atoms with Gasteiger partial charge in [0.15, 0.2) is 0 Å². The normalized spacial score (nSPS) is 10.8. The van der Waals surface area contributed by atoms with Gasteiger partial charge in [-0.2, -0.15) is 4.37 Å². The Morgan fingerprint density at radius 2 is 1.82 bits per heavy atom. The first-order valence-electron chi connectivity index (χ1n) is 5.94. The third-order valence-corrected chi connectivity index (χ3v) is 3.41. The molecule has 1 N–H and O–H groups in total. The van der Waals surface area contributed by atoms with Gasteiger partial charge in [0.25, 0.3) is 0 Å². The van der Waals surface area contributed by atoms with Crippen LogP contribution in [0.5, 0.6) is 0 Å². The second kappa shape index (κ2) is 5.43. The molecule has 0 amide bonds. The van der Waals surface area contributed by atoms with E-state index >= 15 is 0 Å². The number of nitrogens with one attached hydrogen (secondary N) is 1. The van der Waals surface area contributed by atoms with Crippen molar-refractivity contribution in [3.8, 4) is 11.3 Å². The maximum atomic E-state index is 4.52. The van der Waals surface area contributed by atoms with E-state index < -0.39 is 0 Å². The molecule has 0 bridgehead atoms. The average Bonchev–Trinajstić information content (AvgIpc) is 2.73. The molecule has 0 spiro atoms. The van der Waals surface area contributed by atoms with Gasteiger partial charge in [-0.1, -0.05) is 24.1 Å². The van der Waals surface area contributed by atoms with Crippen molar-refractivity contribution < 1.29 is 0 Å². The summed E-state index contributed by atoms with van der Waals surface area (Å²) in [6, 6.07) is 8.76. The zero-order valence-corrected chi connectivity index (χ0v) is 11.4. The Bertz CT molecular complexity index is 482. The van der Waals surface area contributed by atoms with Crippen LogP contribution in [0.25, 0.3) is 11.3 Å². The second-order valence-corrected chi connectivity index (χ2v) is 5.22. The fourth-order valence-electron chi connectivity index (χ4n) is 1.90. The first-order valence-corrected chi connectivity index (χ1v) is 6.71. The predicted molar refractivity (Wildman–Crippen MR) is 74.4 cm³/mol. The molecule has 2 aromatic rings. The average molecular weight is 246 g/mol. The van der Waals surface area contributed by atoms with Crippen molar-refractivity contribution in [1.82, 2.24) is 9.69 Å². The molecule has 3 heteroatoms. The highest BCUT2D eigenvalue weighted by Crippen LogP contribution is 2.24. The van der Waals surface area contributed by atoms with Crippen molar-refractivity contribution in [2.24, 2.45) is 0 Å². The summed E-state index contributed by atoms with van der Waals surface area (Å²) in [6.07, 6.45) is 0. The maximum absolute atomic E-state index is 4.52. The zero-order valence-electron chi connectivity index (χ0n) is 10.6.